The fraction of sp³-hybridized carbons (Fsp3) is 0.773. The average Bonchev–Trinajstić information content (AvgIpc) is 3.50. The summed E-state index contributed by atoms with van der Waals surface area (Å²) in [6.07, 6.45) is 17.5. The van der Waals surface area contributed by atoms with Crippen molar-refractivity contribution in [3.63, 3.8) is 0 Å². The van der Waals surface area contributed by atoms with Crippen LogP contribution in [0.2, 0.25) is 0 Å². The van der Waals surface area contributed by atoms with Crippen molar-refractivity contribution in [1.82, 2.24) is 0 Å². The number of carbonyl (C=O) groups is 1. The maximum Gasteiger partial charge on any atom is 0.316 e. The van der Waals surface area contributed by atoms with E-state index in [-0.39, 0.29) is 36.4 Å². The Hall–Kier alpha value is -2.38. The molecule has 11 heteroatoms. The van der Waals surface area contributed by atoms with Crippen molar-refractivity contribution >= 4 is 11.7 Å². The number of esters is 1. The summed E-state index contributed by atoms with van der Waals surface area (Å²) in [5.74, 6) is -0.438. The van der Waals surface area contributed by atoms with Crippen LogP contribution in [0.25, 0.3) is 0 Å². The van der Waals surface area contributed by atoms with Gasteiger partial charge in [0.05, 0.1) is 36.6 Å². The van der Waals surface area contributed by atoms with Gasteiger partial charge in [-0.25, -0.2) is 0 Å². The van der Waals surface area contributed by atoms with Crippen molar-refractivity contribution in [2.24, 2.45) is 34.7 Å². The first-order chi connectivity index (χ1) is 26.4. The summed E-state index contributed by atoms with van der Waals surface area (Å²) in [5.41, 5.74) is 0.140. The number of fused-ring (bicyclic) bond motifs is 2. The van der Waals surface area contributed by atoms with Crippen LogP contribution < -0.4 is 0 Å². The normalized spacial score (nSPS) is 47.9. The lowest BCUT2D eigenvalue weighted by molar-refractivity contribution is -0.261. The van der Waals surface area contributed by atoms with Gasteiger partial charge in [-0.1, -0.05) is 68.6 Å². The summed E-state index contributed by atoms with van der Waals surface area (Å²) in [7, 11) is 1.60. The quantitative estimate of drug-likeness (QED) is 0.122. The molecule has 2 bridgehead atoms. The molecule has 306 valence electrons. The van der Waals surface area contributed by atoms with Gasteiger partial charge in [0.2, 0.25) is 0 Å². The van der Waals surface area contributed by atoms with Crippen LogP contribution in [0.3, 0.4) is 0 Å². The van der Waals surface area contributed by atoms with Crippen molar-refractivity contribution in [3.8, 4) is 0 Å². The fourth-order valence-electron chi connectivity index (χ4n) is 11.0. The zero-order valence-corrected chi connectivity index (χ0v) is 33.7. The molecule has 3 aliphatic carbocycles. The molecule has 11 unspecified atom stereocenters. The van der Waals surface area contributed by atoms with Crippen LogP contribution in [-0.2, 0) is 33.2 Å². The van der Waals surface area contributed by atoms with Crippen LogP contribution in [0.1, 0.15) is 112 Å². The van der Waals surface area contributed by atoms with Crippen molar-refractivity contribution < 1.29 is 48.6 Å². The second-order valence-corrected chi connectivity index (χ2v) is 18.0. The number of ether oxygens (including phenoxy) is 6. The molecule has 0 aromatic heterocycles. The van der Waals surface area contributed by atoms with Crippen molar-refractivity contribution in [3.05, 3.63) is 47.1 Å². The highest BCUT2D eigenvalue weighted by Gasteiger charge is 2.60. The molecule has 4 heterocycles. The minimum atomic E-state index is -1.80. The SMILES string of the molecule is COC1CC(OC2/C(C)=C/C[C@@H]3CC(CC4(CCC(C)[C@@H](C5CCCCC5)O4)C3)OC(=O)[C@@H]3C=C(C)/C(=N\O)C4OC/C(=C\C=C\C2C)C43O)OC(C)C1O. The van der Waals surface area contributed by atoms with Gasteiger partial charge in [0, 0.05) is 25.9 Å². The minimum absolute atomic E-state index is 0.0559. The predicted molar refractivity (Wildman–Crippen MR) is 206 cm³/mol. The first kappa shape index (κ1) is 40.8. The Morgan fingerprint density at radius 2 is 1.82 bits per heavy atom. The second kappa shape index (κ2) is 16.8. The molecular weight excluding hydrogens is 702 g/mol. The largest absolute Gasteiger partial charge is 0.462 e. The number of rotatable bonds is 4. The van der Waals surface area contributed by atoms with E-state index in [1.54, 1.807) is 26.2 Å². The number of oxime groups is 1. The number of methoxy groups -OCH3 is 1. The van der Waals surface area contributed by atoms with E-state index < -0.39 is 59.9 Å². The van der Waals surface area contributed by atoms with Crippen LogP contribution in [0.5, 0.6) is 0 Å². The molecule has 2 saturated carbocycles. The summed E-state index contributed by atoms with van der Waals surface area (Å²) >= 11 is 0. The molecular formula is C44H65NO10. The summed E-state index contributed by atoms with van der Waals surface area (Å²) in [6.45, 7) is 10.2. The van der Waals surface area contributed by atoms with E-state index in [1.165, 1.54) is 32.1 Å². The maximum absolute atomic E-state index is 14.4. The number of hydrogen-bond acceptors (Lipinski definition) is 11. The Morgan fingerprint density at radius 3 is 2.56 bits per heavy atom. The lowest BCUT2D eigenvalue weighted by Gasteiger charge is -2.52. The van der Waals surface area contributed by atoms with E-state index in [0.717, 1.165) is 31.3 Å². The molecule has 0 aromatic carbocycles. The number of aliphatic hydroxyl groups is 2. The Morgan fingerprint density at radius 1 is 1.04 bits per heavy atom. The zero-order valence-electron chi connectivity index (χ0n) is 33.7. The van der Waals surface area contributed by atoms with Gasteiger partial charge < -0.3 is 43.8 Å². The Labute approximate surface area is 327 Å². The second-order valence-electron chi connectivity index (χ2n) is 18.0. The van der Waals surface area contributed by atoms with Crippen LogP contribution in [-0.4, -0.2) is 101 Å². The highest BCUT2D eigenvalue weighted by Crippen LogP contribution is 2.50. The summed E-state index contributed by atoms with van der Waals surface area (Å²) in [5, 5.41) is 36.7. The van der Waals surface area contributed by atoms with E-state index in [2.05, 4.69) is 32.0 Å². The third-order valence-electron chi connectivity index (χ3n) is 14.1. The van der Waals surface area contributed by atoms with Gasteiger partial charge in [-0.3, -0.25) is 4.79 Å². The number of carbonyl (C=O) groups excluding carboxylic acids is 1. The summed E-state index contributed by atoms with van der Waals surface area (Å²) < 4.78 is 38.5. The van der Waals surface area contributed by atoms with Crippen LogP contribution in [0.15, 0.2) is 52.3 Å². The maximum atomic E-state index is 14.4. The number of hydrogen-bond donors (Lipinski definition) is 3. The zero-order chi connectivity index (χ0) is 39.1. The molecule has 7 rings (SSSR count). The van der Waals surface area contributed by atoms with Gasteiger partial charge in [0.15, 0.2) is 6.29 Å². The van der Waals surface area contributed by atoms with E-state index in [4.69, 9.17) is 28.4 Å². The summed E-state index contributed by atoms with van der Waals surface area (Å²) in [4.78, 5) is 14.4. The number of allylic oxidation sites excluding steroid dienone is 3. The molecule has 14 atom stereocenters. The highest BCUT2D eigenvalue weighted by molar-refractivity contribution is 6.06. The molecule has 55 heavy (non-hydrogen) atoms. The van der Waals surface area contributed by atoms with E-state index in [0.29, 0.717) is 42.2 Å². The van der Waals surface area contributed by atoms with Crippen molar-refractivity contribution in [2.45, 2.75) is 172 Å². The average molecular weight is 768 g/mol. The monoisotopic (exact) mass is 767 g/mol. The minimum Gasteiger partial charge on any atom is -0.462 e. The van der Waals surface area contributed by atoms with Gasteiger partial charge in [0.25, 0.3) is 0 Å². The molecule has 0 amide bonds. The fourth-order valence-corrected chi connectivity index (χ4v) is 11.0. The van der Waals surface area contributed by atoms with Crippen molar-refractivity contribution in [1.29, 1.82) is 0 Å². The van der Waals surface area contributed by atoms with E-state index in [1.807, 2.05) is 19.1 Å². The van der Waals surface area contributed by atoms with E-state index in [9.17, 15) is 20.2 Å². The van der Waals surface area contributed by atoms with Gasteiger partial charge >= 0.3 is 5.97 Å². The van der Waals surface area contributed by atoms with Crippen LogP contribution in [0, 0.1) is 29.6 Å². The van der Waals surface area contributed by atoms with Crippen LogP contribution >= 0.6 is 0 Å². The van der Waals surface area contributed by atoms with Gasteiger partial charge in [-0.2, -0.15) is 0 Å². The van der Waals surface area contributed by atoms with E-state index >= 15 is 0 Å². The first-order valence-corrected chi connectivity index (χ1v) is 21.0. The lowest BCUT2D eigenvalue weighted by Crippen LogP contribution is -2.57. The third-order valence-corrected chi connectivity index (χ3v) is 14.1. The van der Waals surface area contributed by atoms with Gasteiger partial charge in [-0.05, 0) is 100 Å². The molecule has 5 fully saturated rings. The standard InChI is InChI=1S/C44H65NO10/c1-25-11-10-14-32-24-51-41-37(45-49)28(4)19-34(44(32,41)48)42(47)53-33-20-30(16-15-26(2)39(25)54-36-21-35(50-6)38(46)29(5)52-36)22-43(23-33)18-17-27(3)40(55-43)31-12-8-7-9-13-31/h10-11,14-15,19,25,27,29-31,33-36,38-41,46,48-49H,7-9,12-13,16-18,20-24H2,1-6H3/b11-10+,26-15+,32-14+,45-37+/t25?,27?,29?,30-,33?,34+,35?,36?,38?,39?,40+,41?,43?,44?/m1/s1. The molecule has 4 aliphatic heterocycles. The smallest absolute Gasteiger partial charge is 0.316 e. The topological polar surface area (TPSA) is 146 Å². The highest BCUT2D eigenvalue weighted by atomic mass is 16.7. The molecule has 0 aromatic rings. The number of nitrogens with zero attached hydrogens (tertiary/aromatic N) is 1. The van der Waals surface area contributed by atoms with Crippen molar-refractivity contribution in [2.75, 3.05) is 13.7 Å². The Balaban J connectivity index is 1.25. The molecule has 1 spiro atoms. The molecule has 7 aliphatic rings. The third kappa shape index (κ3) is 8.18. The molecule has 3 saturated heterocycles. The molecule has 3 N–H and O–H groups in total. The number of aliphatic hydroxyl groups excluding tert-OH is 1. The van der Waals surface area contributed by atoms with Gasteiger partial charge in [-0.15, -0.1) is 0 Å². The Bertz CT molecular complexity index is 1550. The van der Waals surface area contributed by atoms with Crippen LogP contribution in [0.4, 0.5) is 0 Å². The lowest BCUT2D eigenvalue weighted by atomic mass is 9.68. The Kier molecular flexibility index (Phi) is 12.5. The first-order valence-electron chi connectivity index (χ1n) is 21.0. The molecule has 11 nitrogen and oxygen atoms in total. The molecule has 0 radical (unpaired) electrons. The predicted octanol–water partition coefficient (Wildman–Crippen LogP) is 6.73. The summed E-state index contributed by atoms with van der Waals surface area (Å²) in [6, 6.07) is 0. The van der Waals surface area contributed by atoms with Gasteiger partial charge in [0.1, 0.15) is 35.5 Å².